The molecule has 0 radical (unpaired) electrons. The maximum absolute atomic E-state index is 5.66. The van der Waals surface area contributed by atoms with Crippen molar-refractivity contribution in [2.24, 2.45) is 5.73 Å². The largest absolute Gasteiger partial charge is 0.383 e. The molecule has 0 spiro atoms. The van der Waals surface area contributed by atoms with E-state index in [0.717, 1.165) is 11.5 Å². The van der Waals surface area contributed by atoms with Gasteiger partial charge >= 0.3 is 0 Å². The molecule has 0 aliphatic rings. The van der Waals surface area contributed by atoms with Crippen molar-refractivity contribution in [3.05, 3.63) is 18.1 Å². The molecule has 0 aliphatic heterocycles. The number of anilines is 1. The number of rotatable bonds is 5. The lowest BCUT2D eigenvalue weighted by Crippen LogP contribution is -2.33. The van der Waals surface area contributed by atoms with E-state index in [1.54, 1.807) is 11.6 Å². The Hall–Kier alpha value is -1.73. The number of nitrogens with two attached hydrogens (primary N) is 1. The van der Waals surface area contributed by atoms with Gasteiger partial charge in [-0.25, -0.2) is 4.98 Å². The van der Waals surface area contributed by atoms with Gasteiger partial charge in [-0.2, -0.15) is 14.6 Å². The number of nitrogens with one attached hydrogen (secondary N) is 1. The topological polar surface area (TPSA) is 90.4 Å². The molecule has 0 saturated carbocycles. The van der Waals surface area contributed by atoms with Crippen molar-refractivity contribution in [2.45, 2.75) is 13.0 Å². The molecule has 2 heterocycles. The third kappa shape index (κ3) is 2.51. The molecule has 1 atom stereocenters. The predicted molar refractivity (Wildman–Crippen MR) is 63.9 cm³/mol. The van der Waals surface area contributed by atoms with Crippen LogP contribution in [0.5, 0.6) is 0 Å². The van der Waals surface area contributed by atoms with Crippen LogP contribution >= 0.6 is 0 Å². The fraction of sp³-hybridized carbons (Fsp3) is 0.500. The van der Waals surface area contributed by atoms with Crippen LogP contribution in [0.4, 0.5) is 5.82 Å². The lowest BCUT2D eigenvalue weighted by molar-refractivity contribution is 0.187. The summed E-state index contributed by atoms with van der Waals surface area (Å²) in [6, 6.07) is 1.94. The van der Waals surface area contributed by atoms with Gasteiger partial charge in [-0.3, -0.25) is 0 Å². The molecular formula is C10H16N6O. The van der Waals surface area contributed by atoms with Gasteiger partial charge in [0.25, 0.3) is 5.78 Å². The van der Waals surface area contributed by atoms with Gasteiger partial charge in [0.1, 0.15) is 12.1 Å². The van der Waals surface area contributed by atoms with Crippen LogP contribution in [0.25, 0.3) is 5.78 Å². The highest BCUT2D eigenvalue weighted by Gasteiger charge is 2.10. The van der Waals surface area contributed by atoms with Crippen LogP contribution in [-0.4, -0.2) is 45.9 Å². The predicted octanol–water partition coefficient (Wildman–Crippen LogP) is -0.182. The third-order valence-electron chi connectivity index (χ3n) is 2.38. The molecule has 3 N–H and O–H groups in total. The van der Waals surface area contributed by atoms with E-state index in [1.165, 1.54) is 6.33 Å². The molecule has 0 saturated heterocycles. The van der Waals surface area contributed by atoms with E-state index in [0.29, 0.717) is 18.9 Å². The molecule has 2 aromatic heterocycles. The zero-order valence-corrected chi connectivity index (χ0v) is 9.92. The van der Waals surface area contributed by atoms with E-state index in [9.17, 15) is 0 Å². The highest BCUT2D eigenvalue weighted by Crippen LogP contribution is 2.11. The van der Waals surface area contributed by atoms with Gasteiger partial charge in [0.2, 0.25) is 0 Å². The summed E-state index contributed by atoms with van der Waals surface area (Å²) in [5.74, 6) is 1.39. The maximum atomic E-state index is 5.66. The Morgan fingerprint density at radius 1 is 1.59 bits per heavy atom. The number of fused-ring (bicyclic) bond motifs is 1. The minimum Gasteiger partial charge on any atom is -0.383 e. The fourth-order valence-electron chi connectivity index (χ4n) is 1.61. The first-order valence-electron chi connectivity index (χ1n) is 5.37. The van der Waals surface area contributed by atoms with Gasteiger partial charge in [-0.15, -0.1) is 0 Å². The van der Waals surface area contributed by atoms with E-state index in [4.69, 9.17) is 10.5 Å². The molecule has 0 fully saturated rings. The molecule has 7 heteroatoms. The van der Waals surface area contributed by atoms with Gasteiger partial charge in [-0.05, 0) is 6.92 Å². The van der Waals surface area contributed by atoms with E-state index in [1.807, 2.05) is 13.0 Å². The number of hydrogen-bond acceptors (Lipinski definition) is 6. The molecule has 0 aromatic carbocycles. The van der Waals surface area contributed by atoms with Crippen molar-refractivity contribution < 1.29 is 4.74 Å². The standard InChI is InChI=1S/C10H16N6O/c1-7-3-9(15-8(4-11)5-17-2)16-10(14-7)12-6-13-16/h3,6,8,15H,4-5,11H2,1-2H3. The lowest BCUT2D eigenvalue weighted by atomic mass is 10.3. The summed E-state index contributed by atoms with van der Waals surface area (Å²) in [6.45, 7) is 2.92. The number of nitrogens with zero attached hydrogens (tertiary/aromatic N) is 4. The molecule has 0 bridgehead atoms. The van der Waals surface area contributed by atoms with Crippen LogP contribution < -0.4 is 11.1 Å². The molecule has 2 aromatic rings. The van der Waals surface area contributed by atoms with Crippen LogP contribution in [0.3, 0.4) is 0 Å². The second-order valence-corrected chi connectivity index (χ2v) is 3.79. The minimum atomic E-state index is 0.0363. The Morgan fingerprint density at radius 3 is 3.12 bits per heavy atom. The summed E-state index contributed by atoms with van der Waals surface area (Å²) in [4.78, 5) is 8.32. The van der Waals surface area contributed by atoms with Crippen molar-refractivity contribution in [3.63, 3.8) is 0 Å². The van der Waals surface area contributed by atoms with Crippen molar-refractivity contribution in [1.29, 1.82) is 0 Å². The Morgan fingerprint density at radius 2 is 2.41 bits per heavy atom. The highest BCUT2D eigenvalue weighted by atomic mass is 16.5. The number of ether oxygens (including phenoxy) is 1. The number of methoxy groups -OCH3 is 1. The molecular weight excluding hydrogens is 220 g/mol. The first kappa shape index (κ1) is 11.7. The van der Waals surface area contributed by atoms with Gasteiger partial charge in [0, 0.05) is 25.4 Å². The lowest BCUT2D eigenvalue weighted by Gasteiger charge is -2.17. The fourth-order valence-corrected chi connectivity index (χ4v) is 1.61. The van der Waals surface area contributed by atoms with Gasteiger partial charge < -0.3 is 15.8 Å². The van der Waals surface area contributed by atoms with Gasteiger partial charge in [0.05, 0.1) is 12.6 Å². The van der Waals surface area contributed by atoms with Gasteiger partial charge in [0.15, 0.2) is 0 Å². The molecule has 0 aliphatic carbocycles. The Kier molecular flexibility index (Phi) is 3.50. The summed E-state index contributed by atoms with van der Waals surface area (Å²) >= 11 is 0. The molecule has 7 nitrogen and oxygen atoms in total. The number of hydrogen-bond donors (Lipinski definition) is 2. The summed E-state index contributed by atoms with van der Waals surface area (Å²) in [6.07, 6.45) is 1.47. The highest BCUT2D eigenvalue weighted by molar-refractivity contribution is 5.45. The van der Waals surface area contributed by atoms with Crippen molar-refractivity contribution >= 4 is 11.6 Å². The van der Waals surface area contributed by atoms with E-state index in [-0.39, 0.29) is 6.04 Å². The first-order chi connectivity index (χ1) is 8.24. The quantitative estimate of drug-likeness (QED) is 0.748. The maximum Gasteiger partial charge on any atom is 0.254 e. The van der Waals surface area contributed by atoms with E-state index in [2.05, 4.69) is 20.4 Å². The second-order valence-electron chi connectivity index (χ2n) is 3.79. The summed E-state index contributed by atoms with van der Waals surface area (Å²) in [5.41, 5.74) is 6.54. The third-order valence-corrected chi connectivity index (χ3v) is 2.38. The van der Waals surface area contributed by atoms with Crippen molar-refractivity contribution in [3.8, 4) is 0 Å². The van der Waals surface area contributed by atoms with Gasteiger partial charge in [-0.1, -0.05) is 0 Å². The van der Waals surface area contributed by atoms with Crippen LogP contribution in [-0.2, 0) is 4.74 Å². The zero-order valence-electron chi connectivity index (χ0n) is 9.92. The Labute approximate surface area is 99.0 Å². The first-order valence-corrected chi connectivity index (χ1v) is 5.37. The Balaban J connectivity index is 2.30. The SMILES string of the molecule is COCC(CN)Nc1cc(C)nc2ncnn12. The van der Waals surface area contributed by atoms with E-state index >= 15 is 0 Å². The minimum absolute atomic E-state index is 0.0363. The van der Waals surface area contributed by atoms with Crippen LogP contribution in [0.2, 0.25) is 0 Å². The van der Waals surface area contributed by atoms with Crippen LogP contribution in [0.1, 0.15) is 5.69 Å². The average molecular weight is 236 g/mol. The molecule has 2 rings (SSSR count). The zero-order chi connectivity index (χ0) is 12.3. The molecule has 1 unspecified atom stereocenters. The summed E-state index contributed by atoms with van der Waals surface area (Å²) in [5, 5.41) is 7.38. The smallest absolute Gasteiger partial charge is 0.254 e. The number of aromatic nitrogens is 4. The molecule has 0 amide bonds. The molecule has 92 valence electrons. The summed E-state index contributed by atoms with van der Waals surface area (Å²) < 4.78 is 6.73. The van der Waals surface area contributed by atoms with Crippen LogP contribution in [0, 0.1) is 6.92 Å². The summed E-state index contributed by atoms with van der Waals surface area (Å²) in [7, 11) is 1.65. The van der Waals surface area contributed by atoms with Crippen molar-refractivity contribution in [2.75, 3.05) is 25.6 Å². The number of aryl methyl sites for hydroxylation is 1. The molecule has 17 heavy (non-hydrogen) atoms. The monoisotopic (exact) mass is 236 g/mol. The van der Waals surface area contributed by atoms with E-state index < -0.39 is 0 Å². The van der Waals surface area contributed by atoms with Crippen LogP contribution in [0.15, 0.2) is 12.4 Å². The Bertz CT molecular complexity index is 497. The van der Waals surface area contributed by atoms with Crippen molar-refractivity contribution in [1.82, 2.24) is 19.6 Å². The average Bonchev–Trinajstić information content (AvgIpc) is 2.76. The second kappa shape index (κ2) is 5.07. The normalized spacial score (nSPS) is 12.9.